The Morgan fingerprint density at radius 1 is 1.03 bits per heavy atom. The van der Waals surface area contributed by atoms with E-state index in [0.717, 1.165) is 6.54 Å². The highest BCUT2D eigenvalue weighted by Crippen LogP contribution is 2.32. The predicted octanol–water partition coefficient (Wildman–Crippen LogP) is 3.53. The molecule has 2 aromatic carbocycles. The number of carbonyl (C=O) groups is 1. The number of fused-ring (bicyclic) bond motifs is 1. The summed E-state index contributed by atoms with van der Waals surface area (Å²) < 4.78 is 11.0. The summed E-state index contributed by atoms with van der Waals surface area (Å²) >= 11 is 0. The standard InChI is InChI=1S/C22H22N4O3/c1-2-26(15-16-6-4-3-5-7-16)22-23-13-17(14-24-22)21(27)25-18-8-9-19-20(12-18)29-11-10-28-19/h3-9,12-14H,2,10-11,15H2,1H3,(H,25,27). The van der Waals surface area contributed by atoms with E-state index in [0.29, 0.717) is 48.5 Å². The lowest BCUT2D eigenvalue weighted by Gasteiger charge is -2.21. The topological polar surface area (TPSA) is 76.6 Å². The summed E-state index contributed by atoms with van der Waals surface area (Å²) in [4.78, 5) is 23.4. The van der Waals surface area contributed by atoms with Crippen LogP contribution >= 0.6 is 0 Å². The Hall–Kier alpha value is -3.61. The van der Waals surface area contributed by atoms with E-state index in [1.54, 1.807) is 30.6 Å². The molecule has 0 fully saturated rings. The van der Waals surface area contributed by atoms with E-state index in [-0.39, 0.29) is 5.91 Å². The molecule has 0 bridgehead atoms. The van der Waals surface area contributed by atoms with E-state index >= 15 is 0 Å². The minimum Gasteiger partial charge on any atom is -0.486 e. The number of hydrogen-bond donors (Lipinski definition) is 1. The summed E-state index contributed by atoms with van der Waals surface area (Å²) in [5.74, 6) is 1.62. The third kappa shape index (κ3) is 4.45. The molecule has 0 spiro atoms. The molecule has 7 nitrogen and oxygen atoms in total. The van der Waals surface area contributed by atoms with E-state index in [1.807, 2.05) is 18.2 Å². The monoisotopic (exact) mass is 390 g/mol. The summed E-state index contributed by atoms with van der Waals surface area (Å²) in [5.41, 5.74) is 2.19. The first-order valence-corrected chi connectivity index (χ1v) is 9.55. The second-order valence-corrected chi connectivity index (χ2v) is 6.58. The molecule has 1 amide bonds. The van der Waals surface area contributed by atoms with Crippen molar-refractivity contribution in [1.82, 2.24) is 9.97 Å². The Bertz CT molecular complexity index is 977. The van der Waals surface area contributed by atoms with Crippen LogP contribution in [-0.2, 0) is 6.54 Å². The Kier molecular flexibility index (Phi) is 5.56. The number of benzene rings is 2. The number of nitrogens with zero attached hydrogens (tertiary/aromatic N) is 3. The van der Waals surface area contributed by atoms with Crippen molar-refractivity contribution in [2.75, 3.05) is 30.0 Å². The van der Waals surface area contributed by atoms with Gasteiger partial charge in [-0.15, -0.1) is 0 Å². The molecule has 1 aromatic heterocycles. The lowest BCUT2D eigenvalue weighted by Crippen LogP contribution is -2.24. The average Bonchev–Trinajstić information content (AvgIpc) is 2.78. The Morgan fingerprint density at radius 3 is 2.48 bits per heavy atom. The number of aromatic nitrogens is 2. The van der Waals surface area contributed by atoms with Gasteiger partial charge in [-0.2, -0.15) is 0 Å². The molecule has 0 saturated carbocycles. The van der Waals surface area contributed by atoms with Crippen LogP contribution in [0.2, 0.25) is 0 Å². The van der Waals surface area contributed by atoms with E-state index in [9.17, 15) is 4.79 Å². The minimum atomic E-state index is -0.278. The minimum absolute atomic E-state index is 0.278. The van der Waals surface area contributed by atoms with Crippen molar-refractivity contribution < 1.29 is 14.3 Å². The van der Waals surface area contributed by atoms with Crippen LogP contribution in [-0.4, -0.2) is 35.6 Å². The maximum absolute atomic E-state index is 12.5. The molecule has 4 rings (SSSR count). The molecule has 3 aromatic rings. The summed E-state index contributed by atoms with van der Waals surface area (Å²) in [5, 5.41) is 2.84. The highest BCUT2D eigenvalue weighted by Gasteiger charge is 2.15. The van der Waals surface area contributed by atoms with Crippen molar-refractivity contribution in [2.45, 2.75) is 13.5 Å². The summed E-state index contributed by atoms with van der Waals surface area (Å²) in [6, 6.07) is 15.5. The zero-order chi connectivity index (χ0) is 20.1. The van der Waals surface area contributed by atoms with Crippen molar-refractivity contribution in [3.63, 3.8) is 0 Å². The molecule has 7 heteroatoms. The van der Waals surface area contributed by atoms with Crippen molar-refractivity contribution in [2.24, 2.45) is 0 Å². The summed E-state index contributed by atoms with van der Waals surface area (Å²) in [6.45, 7) is 4.55. The second kappa shape index (κ2) is 8.60. The second-order valence-electron chi connectivity index (χ2n) is 6.58. The first-order chi connectivity index (χ1) is 14.2. The number of amides is 1. The van der Waals surface area contributed by atoms with E-state index in [2.05, 4.69) is 39.2 Å². The van der Waals surface area contributed by atoms with Crippen LogP contribution in [0.1, 0.15) is 22.8 Å². The molecule has 0 radical (unpaired) electrons. The van der Waals surface area contributed by atoms with Crippen LogP contribution in [0.4, 0.5) is 11.6 Å². The van der Waals surface area contributed by atoms with Crippen molar-refractivity contribution in [3.8, 4) is 11.5 Å². The molecule has 29 heavy (non-hydrogen) atoms. The summed E-state index contributed by atoms with van der Waals surface area (Å²) in [6.07, 6.45) is 3.09. The van der Waals surface area contributed by atoms with Crippen LogP contribution in [0.25, 0.3) is 0 Å². The van der Waals surface area contributed by atoms with Gasteiger partial charge in [0.25, 0.3) is 5.91 Å². The number of hydrogen-bond acceptors (Lipinski definition) is 6. The van der Waals surface area contributed by atoms with Gasteiger partial charge in [-0.05, 0) is 24.6 Å². The summed E-state index contributed by atoms with van der Waals surface area (Å²) in [7, 11) is 0. The average molecular weight is 390 g/mol. The Morgan fingerprint density at radius 2 is 1.76 bits per heavy atom. The first-order valence-electron chi connectivity index (χ1n) is 9.55. The molecule has 0 unspecified atom stereocenters. The molecule has 1 aliphatic heterocycles. The lowest BCUT2D eigenvalue weighted by molar-refractivity contribution is 0.102. The SMILES string of the molecule is CCN(Cc1ccccc1)c1ncc(C(=O)Nc2ccc3c(c2)OCCO3)cn1. The number of rotatable bonds is 6. The van der Waals surface area contributed by atoms with Gasteiger partial charge in [-0.3, -0.25) is 4.79 Å². The first kappa shape index (κ1) is 18.7. The van der Waals surface area contributed by atoms with Gasteiger partial charge in [0, 0.05) is 37.2 Å². The maximum Gasteiger partial charge on any atom is 0.258 e. The van der Waals surface area contributed by atoms with E-state index in [4.69, 9.17) is 9.47 Å². The molecule has 148 valence electrons. The van der Waals surface area contributed by atoms with Gasteiger partial charge in [-0.1, -0.05) is 30.3 Å². The third-order valence-corrected chi connectivity index (χ3v) is 4.58. The number of nitrogens with one attached hydrogen (secondary N) is 1. The molecule has 2 heterocycles. The van der Waals surface area contributed by atoms with Crippen LogP contribution in [0.15, 0.2) is 60.9 Å². The van der Waals surface area contributed by atoms with Crippen molar-refractivity contribution in [1.29, 1.82) is 0 Å². The van der Waals surface area contributed by atoms with E-state index in [1.165, 1.54) is 5.56 Å². The predicted molar refractivity (Wildman–Crippen MR) is 111 cm³/mol. The number of ether oxygens (including phenoxy) is 2. The third-order valence-electron chi connectivity index (χ3n) is 4.58. The largest absolute Gasteiger partial charge is 0.486 e. The van der Waals surface area contributed by atoms with E-state index < -0.39 is 0 Å². The normalized spacial score (nSPS) is 12.3. The fraction of sp³-hybridized carbons (Fsp3) is 0.227. The Labute approximate surface area is 169 Å². The zero-order valence-corrected chi connectivity index (χ0v) is 16.2. The lowest BCUT2D eigenvalue weighted by atomic mass is 10.2. The fourth-order valence-corrected chi connectivity index (χ4v) is 3.05. The van der Waals surface area contributed by atoms with Crippen molar-refractivity contribution >= 4 is 17.5 Å². The van der Waals surface area contributed by atoms with Crippen LogP contribution in [0.5, 0.6) is 11.5 Å². The van der Waals surface area contributed by atoms with Crippen LogP contribution in [0, 0.1) is 0 Å². The van der Waals surface area contributed by atoms with Crippen LogP contribution < -0.4 is 19.7 Å². The highest BCUT2D eigenvalue weighted by atomic mass is 16.6. The van der Waals surface area contributed by atoms with Gasteiger partial charge in [0.2, 0.25) is 5.95 Å². The van der Waals surface area contributed by atoms with Gasteiger partial charge in [0.15, 0.2) is 11.5 Å². The van der Waals surface area contributed by atoms with Gasteiger partial charge >= 0.3 is 0 Å². The molecule has 0 saturated heterocycles. The van der Waals surface area contributed by atoms with Crippen molar-refractivity contribution in [3.05, 3.63) is 72.1 Å². The molecular weight excluding hydrogens is 368 g/mol. The van der Waals surface area contributed by atoms with Crippen LogP contribution in [0.3, 0.4) is 0 Å². The number of anilines is 2. The molecule has 1 aliphatic rings. The fourth-order valence-electron chi connectivity index (χ4n) is 3.05. The molecular formula is C22H22N4O3. The maximum atomic E-state index is 12.5. The smallest absolute Gasteiger partial charge is 0.258 e. The van der Waals surface area contributed by atoms with Gasteiger partial charge in [0.1, 0.15) is 13.2 Å². The van der Waals surface area contributed by atoms with Gasteiger partial charge in [0.05, 0.1) is 5.56 Å². The molecule has 0 atom stereocenters. The molecule has 0 aliphatic carbocycles. The zero-order valence-electron chi connectivity index (χ0n) is 16.2. The van der Waals surface area contributed by atoms with Gasteiger partial charge < -0.3 is 19.7 Å². The Balaban J connectivity index is 1.43. The quantitative estimate of drug-likeness (QED) is 0.694. The molecule has 1 N–H and O–H groups in total. The highest BCUT2D eigenvalue weighted by molar-refractivity contribution is 6.04. The van der Waals surface area contributed by atoms with Gasteiger partial charge in [-0.25, -0.2) is 9.97 Å². The number of carbonyl (C=O) groups excluding carboxylic acids is 1.